The van der Waals surface area contributed by atoms with Gasteiger partial charge in [0.1, 0.15) is 0 Å². The summed E-state index contributed by atoms with van der Waals surface area (Å²) in [5.74, 6) is 0.801. The zero-order chi connectivity index (χ0) is 18.4. The number of nitrogens with one attached hydrogen (secondary N) is 2. The first kappa shape index (κ1) is 19.7. The van der Waals surface area contributed by atoms with Crippen LogP contribution in [0.15, 0.2) is 4.99 Å². The minimum atomic E-state index is -0.171. The van der Waals surface area contributed by atoms with E-state index in [1.165, 1.54) is 11.3 Å². The molecule has 0 aromatic carbocycles. The Balaban J connectivity index is 1.90. The largest absolute Gasteiger partial charge is 0.381 e. The maximum Gasteiger partial charge on any atom is 0.191 e. The quantitative estimate of drug-likeness (QED) is 0.597. The Morgan fingerprint density at radius 2 is 2.08 bits per heavy atom. The lowest BCUT2D eigenvalue weighted by Crippen LogP contribution is -2.52. The maximum absolute atomic E-state index is 5.77. The minimum Gasteiger partial charge on any atom is -0.381 e. The number of hydrogen-bond acceptors (Lipinski definition) is 4. The van der Waals surface area contributed by atoms with Crippen LogP contribution >= 0.6 is 0 Å². The zero-order valence-electron chi connectivity index (χ0n) is 16.5. The number of aromatic nitrogens is 2. The molecule has 1 aliphatic rings. The van der Waals surface area contributed by atoms with Crippen LogP contribution in [-0.4, -0.2) is 61.3 Å². The fraction of sp³-hybridized carbons (Fsp3) is 0.778. The molecule has 0 spiro atoms. The Morgan fingerprint density at radius 1 is 1.40 bits per heavy atom. The van der Waals surface area contributed by atoms with Gasteiger partial charge in [-0.05, 0) is 32.8 Å². The number of ether oxygens (including phenoxy) is 2. The second-order valence-electron chi connectivity index (χ2n) is 6.95. The molecule has 1 unspecified atom stereocenters. The highest BCUT2D eigenvalue weighted by Gasteiger charge is 2.32. The summed E-state index contributed by atoms with van der Waals surface area (Å²) in [6, 6.07) is 0.251. The standard InChI is InChI=1S/C18H33N5O2/c1-13(11-16-14(2)22-23(5)15(16)3)21-17(19-4)20-12-18(24-6)7-9-25-10-8-18/h13H,7-12H2,1-6H3,(H2,19,20,21). The summed E-state index contributed by atoms with van der Waals surface area (Å²) in [5.41, 5.74) is 3.44. The minimum absolute atomic E-state index is 0.171. The van der Waals surface area contributed by atoms with E-state index in [2.05, 4.69) is 41.5 Å². The van der Waals surface area contributed by atoms with Crippen molar-refractivity contribution in [3.05, 3.63) is 17.0 Å². The molecule has 0 saturated carbocycles. The summed E-state index contributed by atoms with van der Waals surface area (Å²) in [7, 11) is 5.56. The summed E-state index contributed by atoms with van der Waals surface area (Å²) in [4.78, 5) is 4.36. The molecule has 0 aliphatic carbocycles. The smallest absolute Gasteiger partial charge is 0.191 e. The van der Waals surface area contributed by atoms with Crippen molar-refractivity contribution < 1.29 is 9.47 Å². The molecule has 0 bridgehead atoms. The molecular weight excluding hydrogens is 318 g/mol. The van der Waals surface area contributed by atoms with Crippen LogP contribution in [0.25, 0.3) is 0 Å². The average Bonchev–Trinajstić information content (AvgIpc) is 2.85. The molecule has 7 heteroatoms. The maximum atomic E-state index is 5.77. The van der Waals surface area contributed by atoms with Crippen LogP contribution in [0.2, 0.25) is 0 Å². The Morgan fingerprint density at radius 3 is 2.60 bits per heavy atom. The molecule has 2 rings (SSSR count). The SMILES string of the molecule is CN=C(NCC1(OC)CCOCC1)NC(C)Cc1c(C)nn(C)c1C. The molecular formula is C18H33N5O2. The second-order valence-corrected chi connectivity index (χ2v) is 6.95. The van der Waals surface area contributed by atoms with Gasteiger partial charge in [0.25, 0.3) is 0 Å². The number of guanidine groups is 1. The lowest BCUT2D eigenvalue weighted by molar-refractivity contribution is -0.0855. The molecule has 1 saturated heterocycles. The lowest BCUT2D eigenvalue weighted by atomic mass is 9.94. The van der Waals surface area contributed by atoms with Gasteiger partial charge in [-0.1, -0.05) is 0 Å². The van der Waals surface area contributed by atoms with Gasteiger partial charge < -0.3 is 20.1 Å². The molecule has 2 N–H and O–H groups in total. The van der Waals surface area contributed by atoms with Gasteiger partial charge in [-0.2, -0.15) is 5.10 Å². The van der Waals surface area contributed by atoms with Crippen LogP contribution in [0, 0.1) is 13.8 Å². The first-order valence-electron chi connectivity index (χ1n) is 9.00. The first-order chi connectivity index (χ1) is 11.9. The van der Waals surface area contributed by atoms with Crippen LogP contribution in [0.3, 0.4) is 0 Å². The van der Waals surface area contributed by atoms with Crippen molar-refractivity contribution in [2.45, 2.75) is 51.7 Å². The predicted octanol–water partition coefficient (Wildman–Crippen LogP) is 1.33. The molecule has 1 aliphatic heterocycles. The van der Waals surface area contributed by atoms with E-state index in [4.69, 9.17) is 9.47 Å². The van der Waals surface area contributed by atoms with E-state index in [1.54, 1.807) is 14.2 Å². The Labute approximate surface area is 151 Å². The van der Waals surface area contributed by atoms with Crippen molar-refractivity contribution in [2.75, 3.05) is 33.9 Å². The molecule has 1 fully saturated rings. The summed E-state index contributed by atoms with van der Waals surface area (Å²) in [5, 5.41) is 11.4. The van der Waals surface area contributed by atoms with Gasteiger partial charge >= 0.3 is 0 Å². The number of rotatable bonds is 6. The van der Waals surface area contributed by atoms with Gasteiger partial charge in [0.15, 0.2) is 5.96 Å². The third-order valence-electron chi connectivity index (χ3n) is 5.19. The van der Waals surface area contributed by atoms with E-state index < -0.39 is 0 Å². The summed E-state index contributed by atoms with van der Waals surface area (Å²) in [6.45, 7) is 8.57. The Kier molecular flexibility index (Phi) is 6.84. The van der Waals surface area contributed by atoms with Crippen LogP contribution in [0.4, 0.5) is 0 Å². The number of nitrogens with zero attached hydrogens (tertiary/aromatic N) is 3. The normalized spacial score (nSPS) is 18.9. The summed E-state index contributed by atoms with van der Waals surface area (Å²) < 4.78 is 13.2. The topological polar surface area (TPSA) is 72.7 Å². The second kappa shape index (κ2) is 8.67. The van der Waals surface area contributed by atoms with Crippen molar-refractivity contribution >= 4 is 5.96 Å². The van der Waals surface area contributed by atoms with E-state index in [0.29, 0.717) is 0 Å². The van der Waals surface area contributed by atoms with Crippen LogP contribution in [0.5, 0.6) is 0 Å². The van der Waals surface area contributed by atoms with Gasteiger partial charge in [0.05, 0.1) is 11.3 Å². The average molecular weight is 351 g/mol. The van der Waals surface area contributed by atoms with Gasteiger partial charge in [0.2, 0.25) is 0 Å². The third-order valence-corrected chi connectivity index (χ3v) is 5.19. The van der Waals surface area contributed by atoms with Gasteiger partial charge in [-0.15, -0.1) is 0 Å². The van der Waals surface area contributed by atoms with E-state index in [9.17, 15) is 0 Å². The predicted molar refractivity (Wildman–Crippen MR) is 100 cm³/mol. The van der Waals surface area contributed by atoms with Gasteiger partial charge in [-0.3, -0.25) is 9.67 Å². The third kappa shape index (κ3) is 4.95. The number of hydrogen-bond donors (Lipinski definition) is 2. The zero-order valence-corrected chi connectivity index (χ0v) is 16.5. The first-order valence-corrected chi connectivity index (χ1v) is 9.00. The van der Waals surface area contributed by atoms with Crippen LogP contribution in [0.1, 0.15) is 36.7 Å². The summed E-state index contributed by atoms with van der Waals surface area (Å²) in [6.07, 6.45) is 2.71. The molecule has 0 amide bonds. The molecule has 1 aromatic rings. The Bertz CT molecular complexity index is 591. The molecule has 25 heavy (non-hydrogen) atoms. The van der Waals surface area contributed by atoms with Crippen LogP contribution in [-0.2, 0) is 22.9 Å². The fourth-order valence-corrected chi connectivity index (χ4v) is 3.34. The van der Waals surface area contributed by atoms with Crippen molar-refractivity contribution in [2.24, 2.45) is 12.0 Å². The molecule has 7 nitrogen and oxygen atoms in total. The van der Waals surface area contributed by atoms with E-state index >= 15 is 0 Å². The number of aliphatic imine (C=N–C) groups is 1. The fourth-order valence-electron chi connectivity index (χ4n) is 3.34. The highest BCUT2D eigenvalue weighted by molar-refractivity contribution is 5.80. The van der Waals surface area contributed by atoms with Gasteiger partial charge in [-0.25, -0.2) is 0 Å². The Hall–Kier alpha value is -1.60. The number of methoxy groups -OCH3 is 1. The molecule has 142 valence electrons. The monoisotopic (exact) mass is 351 g/mol. The molecule has 1 aromatic heterocycles. The van der Waals surface area contributed by atoms with Gasteiger partial charge in [0, 0.05) is 65.5 Å². The van der Waals surface area contributed by atoms with Crippen LogP contribution < -0.4 is 10.6 Å². The molecule has 2 heterocycles. The van der Waals surface area contributed by atoms with E-state index in [1.807, 2.05) is 11.7 Å². The van der Waals surface area contributed by atoms with Crippen molar-refractivity contribution in [1.82, 2.24) is 20.4 Å². The van der Waals surface area contributed by atoms with Crippen molar-refractivity contribution in [1.29, 1.82) is 0 Å². The van der Waals surface area contributed by atoms with Crippen molar-refractivity contribution in [3.63, 3.8) is 0 Å². The highest BCUT2D eigenvalue weighted by Crippen LogP contribution is 2.23. The van der Waals surface area contributed by atoms with Crippen molar-refractivity contribution in [3.8, 4) is 0 Å². The number of aryl methyl sites for hydroxylation is 2. The summed E-state index contributed by atoms with van der Waals surface area (Å²) >= 11 is 0. The lowest BCUT2D eigenvalue weighted by Gasteiger charge is -2.36. The van der Waals surface area contributed by atoms with E-state index in [0.717, 1.165) is 50.7 Å². The van der Waals surface area contributed by atoms with E-state index in [-0.39, 0.29) is 11.6 Å². The molecule has 1 atom stereocenters. The molecule has 0 radical (unpaired) electrons. The highest BCUT2D eigenvalue weighted by atomic mass is 16.5.